The lowest BCUT2D eigenvalue weighted by atomic mass is 9.93. The Labute approximate surface area is 240 Å². The summed E-state index contributed by atoms with van der Waals surface area (Å²) in [6.07, 6.45) is 6.92. The van der Waals surface area contributed by atoms with Gasteiger partial charge in [0, 0.05) is 27.9 Å². The molecule has 0 aliphatic carbocycles. The average molecular weight is 622 g/mol. The Morgan fingerprint density at radius 1 is 1.02 bits per heavy atom. The zero-order chi connectivity index (χ0) is 29.0. The first-order chi connectivity index (χ1) is 19.7. The number of anilines is 1. The van der Waals surface area contributed by atoms with E-state index in [1.54, 1.807) is 30.3 Å². The van der Waals surface area contributed by atoms with E-state index in [0.717, 1.165) is 26.9 Å². The van der Waals surface area contributed by atoms with Gasteiger partial charge in [-0.25, -0.2) is 32.5 Å². The maximum atomic E-state index is 14.7. The molecule has 41 heavy (non-hydrogen) atoms. The van der Waals surface area contributed by atoms with E-state index in [1.807, 2.05) is 24.3 Å². The second-order valence-electron chi connectivity index (χ2n) is 9.11. The van der Waals surface area contributed by atoms with Gasteiger partial charge >= 0.3 is 5.69 Å². The van der Waals surface area contributed by atoms with Gasteiger partial charge in [-0.15, -0.1) is 0 Å². The van der Waals surface area contributed by atoms with Crippen LogP contribution in [0, 0.1) is 11.6 Å². The van der Waals surface area contributed by atoms with Gasteiger partial charge < -0.3 is 10.4 Å². The minimum atomic E-state index is -2.02. The van der Waals surface area contributed by atoms with Crippen LogP contribution in [0.4, 0.5) is 14.5 Å². The maximum Gasteiger partial charge on any atom is 0.350 e. The average Bonchev–Trinajstić information content (AvgIpc) is 3.57. The number of carbonyl (C=O) groups is 1. The molecule has 208 valence electrons. The van der Waals surface area contributed by atoms with Gasteiger partial charge in [0.2, 0.25) is 5.91 Å². The minimum Gasteiger partial charge on any atom is -0.381 e. The molecule has 0 radical (unpaired) electrons. The fraction of sp³-hybridized carbons (Fsp3) is 0.107. The first-order valence-electron chi connectivity index (χ1n) is 12.2. The third-order valence-corrected chi connectivity index (χ3v) is 6.65. The third-order valence-electron chi connectivity index (χ3n) is 6.16. The molecule has 0 fully saturated rings. The first kappa shape index (κ1) is 27.8. The Hall–Kier alpha value is -4.75. The Kier molecular flexibility index (Phi) is 7.99. The van der Waals surface area contributed by atoms with Gasteiger partial charge in [-0.2, -0.15) is 10.2 Å². The van der Waals surface area contributed by atoms with Crippen LogP contribution in [0.15, 0.2) is 101 Å². The Balaban J connectivity index is 1.33. The van der Waals surface area contributed by atoms with Crippen molar-refractivity contribution in [3.05, 3.63) is 130 Å². The number of aromatic nitrogens is 6. The third kappa shape index (κ3) is 6.53. The van der Waals surface area contributed by atoms with Crippen LogP contribution in [0.1, 0.15) is 11.1 Å². The number of hydrogen-bond donors (Lipinski definition) is 2. The molecule has 10 nitrogen and oxygen atoms in total. The van der Waals surface area contributed by atoms with Gasteiger partial charge in [-0.3, -0.25) is 4.79 Å². The van der Waals surface area contributed by atoms with Gasteiger partial charge in [0.25, 0.3) is 0 Å². The van der Waals surface area contributed by atoms with Crippen molar-refractivity contribution >= 4 is 33.6 Å². The van der Waals surface area contributed by atoms with Crippen molar-refractivity contribution in [3.63, 3.8) is 0 Å². The van der Waals surface area contributed by atoms with Gasteiger partial charge in [0.1, 0.15) is 36.2 Å². The van der Waals surface area contributed by atoms with E-state index in [4.69, 9.17) is 0 Å². The van der Waals surface area contributed by atoms with Gasteiger partial charge in [0.05, 0.1) is 18.8 Å². The van der Waals surface area contributed by atoms with E-state index >= 15 is 0 Å². The van der Waals surface area contributed by atoms with Crippen molar-refractivity contribution in [2.75, 3.05) is 5.32 Å². The number of hydrogen-bond acceptors (Lipinski definition) is 6. The number of aliphatic hydroxyl groups is 1. The molecular weight excluding hydrogens is 600 g/mol. The highest BCUT2D eigenvalue weighted by Gasteiger charge is 2.35. The first-order valence-corrected chi connectivity index (χ1v) is 13.0. The second kappa shape index (κ2) is 11.8. The summed E-state index contributed by atoms with van der Waals surface area (Å²) >= 11 is 3.39. The SMILES string of the molecule is O=C(/C=C/c1cccc(Br)c1)Nc1ccc(-n2cnn(C[C@@](O)(Cn3cncn3)c3ccc(F)cc3F)c2=O)cc1. The highest BCUT2D eigenvalue weighted by Crippen LogP contribution is 2.28. The molecular formula is C28H22BrF2N7O3. The molecule has 2 heterocycles. The number of rotatable bonds is 9. The van der Waals surface area contributed by atoms with E-state index in [0.29, 0.717) is 17.4 Å². The Morgan fingerprint density at radius 3 is 2.54 bits per heavy atom. The summed E-state index contributed by atoms with van der Waals surface area (Å²) < 4.78 is 32.7. The fourth-order valence-corrected chi connectivity index (χ4v) is 4.63. The molecule has 2 aromatic heterocycles. The largest absolute Gasteiger partial charge is 0.381 e. The number of amides is 1. The van der Waals surface area contributed by atoms with E-state index in [1.165, 1.54) is 34.3 Å². The number of nitrogens with zero attached hydrogens (tertiary/aromatic N) is 6. The number of benzene rings is 3. The smallest absolute Gasteiger partial charge is 0.350 e. The normalized spacial score (nSPS) is 12.9. The van der Waals surface area contributed by atoms with Crippen LogP contribution in [0.25, 0.3) is 11.8 Å². The van der Waals surface area contributed by atoms with Crippen LogP contribution >= 0.6 is 15.9 Å². The van der Waals surface area contributed by atoms with E-state index in [9.17, 15) is 23.5 Å². The van der Waals surface area contributed by atoms with Crippen molar-refractivity contribution < 1.29 is 18.7 Å². The second-order valence-corrected chi connectivity index (χ2v) is 10.0. The molecule has 0 aliphatic heterocycles. The molecule has 0 unspecified atom stereocenters. The number of nitrogens with one attached hydrogen (secondary N) is 1. The molecule has 2 N–H and O–H groups in total. The zero-order valence-electron chi connectivity index (χ0n) is 21.2. The molecule has 0 aliphatic rings. The summed E-state index contributed by atoms with van der Waals surface area (Å²) in [4.78, 5) is 29.4. The van der Waals surface area contributed by atoms with Crippen LogP contribution in [0.2, 0.25) is 0 Å². The summed E-state index contributed by atoms with van der Waals surface area (Å²) in [5.74, 6) is -2.12. The van der Waals surface area contributed by atoms with Crippen molar-refractivity contribution in [1.29, 1.82) is 0 Å². The maximum absolute atomic E-state index is 14.7. The monoisotopic (exact) mass is 621 g/mol. The summed E-state index contributed by atoms with van der Waals surface area (Å²) in [6, 6.07) is 16.8. The molecule has 0 bridgehead atoms. The highest BCUT2D eigenvalue weighted by molar-refractivity contribution is 9.10. The summed E-state index contributed by atoms with van der Waals surface area (Å²) in [6.45, 7) is -0.737. The molecule has 0 saturated heterocycles. The molecule has 0 spiro atoms. The predicted molar refractivity (Wildman–Crippen MR) is 150 cm³/mol. The highest BCUT2D eigenvalue weighted by atomic mass is 79.9. The molecule has 13 heteroatoms. The zero-order valence-corrected chi connectivity index (χ0v) is 22.8. The minimum absolute atomic E-state index is 0.232. The van der Waals surface area contributed by atoms with Crippen LogP contribution in [-0.4, -0.2) is 40.1 Å². The van der Waals surface area contributed by atoms with Crippen molar-refractivity contribution in [2.24, 2.45) is 0 Å². The summed E-state index contributed by atoms with van der Waals surface area (Å²) in [5.41, 5.74) is -1.06. The predicted octanol–water partition coefficient (Wildman–Crippen LogP) is 3.91. The van der Waals surface area contributed by atoms with Crippen LogP contribution < -0.4 is 11.0 Å². The standard InChI is InChI=1S/C28H22BrF2N7O3/c29-20-3-1-2-19(12-20)4-11-26(39)35-22-6-8-23(9-7-22)37-18-34-38(27(37)40)15-28(41,14-36-17-32-16-33-36)24-10-5-21(30)13-25(24)31/h1-13,16-18,41H,14-15H2,(H,35,39)/b11-4+/t28-/m0/s1. The fourth-order valence-electron chi connectivity index (χ4n) is 4.21. The van der Waals surface area contributed by atoms with Gasteiger partial charge in [-0.05, 0) is 54.1 Å². The summed E-state index contributed by atoms with van der Waals surface area (Å²) in [7, 11) is 0. The van der Waals surface area contributed by atoms with E-state index in [-0.39, 0.29) is 18.0 Å². The molecule has 5 aromatic rings. The molecule has 3 aromatic carbocycles. The lowest BCUT2D eigenvalue weighted by Crippen LogP contribution is -2.41. The summed E-state index contributed by atoms with van der Waals surface area (Å²) in [5, 5.41) is 22.3. The topological polar surface area (TPSA) is 120 Å². The number of halogens is 3. The quantitative estimate of drug-likeness (QED) is 0.241. The number of carbonyl (C=O) groups excluding carboxylic acids is 1. The molecule has 1 atom stereocenters. The van der Waals surface area contributed by atoms with Gasteiger partial charge in [-0.1, -0.05) is 34.1 Å². The van der Waals surface area contributed by atoms with Crippen molar-refractivity contribution in [2.45, 2.75) is 18.7 Å². The van der Waals surface area contributed by atoms with Crippen molar-refractivity contribution in [3.8, 4) is 5.69 Å². The van der Waals surface area contributed by atoms with Crippen LogP contribution in [-0.2, 0) is 23.5 Å². The van der Waals surface area contributed by atoms with E-state index < -0.39 is 29.5 Å². The Morgan fingerprint density at radius 2 is 1.83 bits per heavy atom. The molecule has 1 amide bonds. The van der Waals surface area contributed by atoms with Crippen LogP contribution in [0.3, 0.4) is 0 Å². The Bertz CT molecular complexity index is 1770. The van der Waals surface area contributed by atoms with Crippen molar-refractivity contribution in [1.82, 2.24) is 29.1 Å². The van der Waals surface area contributed by atoms with Gasteiger partial charge in [0.15, 0.2) is 0 Å². The van der Waals surface area contributed by atoms with Crippen LogP contribution in [0.5, 0.6) is 0 Å². The van der Waals surface area contributed by atoms with E-state index in [2.05, 4.69) is 36.4 Å². The lowest BCUT2D eigenvalue weighted by Gasteiger charge is -2.28. The lowest BCUT2D eigenvalue weighted by molar-refractivity contribution is -0.111. The molecule has 0 saturated carbocycles. The molecule has 5 rings (SSSR count).